The number of rotatable bonds is 10. The predicted octanol–water partition coefficient (Wildman–Crippen LogP) is 8.31. The Kier molecular flexibility index (Phi) is 8.26. The normalized spacial score (nSPS) is 13.4. The first kappa shape index (κ1) is 25.0. The van der Waals surface area contributed by atoms with Gasteiger partial charge in [0.15, 0.2) is 11.6 Å². The second-order valence-corrected chi connectivity index (χ2v) is 12.3. The van der Waals surface area contributed by atoms with Crippen LogP contribution in [0.1, 0.15) is 49.4 Å². The molecule has 1 heterocycles. The van der Waals surface area contributed by atoms with Gasteiger partial charge in [-0.25, -0.2) is 8.78 Å². The fourth-order valence-corrected chi connectivity index (χ4v) is 7.58. The van der Waals surface area contributed by atoms with Crippen molar-refractivity contribution in [2.45, 2.75) is 46.7 Å². The van der Waals surface area contributed by atoms with Crippen LogP contribution in [-0.2, 0) is 20.0 Å². The van der Waals surface area contributed by atoms with Crippen molar-refractivity contribution in [3.8, 4) is 0 Å². The monoisotopic (exact) mass is 480 g/mol. The molecule has 0 amide bonds. The molecule has 2 aromatic carbocycles. The molecule has 7 heteroatoms. The quantitative estimate of drug-likeness (QED) is 0.274. The van der Waals surface area contributed by atoms with E-state index in [9.17, 15) is 13.3 Å². The summed E-state index contributed by atoms with van der Waals surface area (Å²) >= 11 is 1.55. The van der Waals surface area contributed by atoms with Crippen molar-refractivity contribution in [3.05, 3.63) is 70.1 Å². The Morgan fingerprint density at radius 2 is 1.56 bits per heavy atom. The molecule has 0 aliphatic carbocycles. The van der Waals surface area contributed by atoms with E-state index in [-0.39, 0.29) is 31.5 Å². The largest absolute Gasteiger partial charge is 0.339 e. The van der Waals surface area contributed by atoms with Crippen LogP contribution >= 0.6 is 18.9 Å². The van der Waals surface area contributed by atoms with Crippen LogP contribution in [0, 0.1) is 30.4 Å². The summed E-state index contributed by atoms with van der Waals surface area (Å²) in [5, 5.41) is 1.09. The van der Waals surface area contributed by atoms with E-state index in [4.69, 9.17) is 9.05 Å². The summed E-state index contributed by atoms with van der Waals surface area (Å²) in [5.41, 5.74) is 0.939. The highest BCUT2D eigenvalue weighted by Crippen LogP contribution is 2.64. The number of hydrogen-bond acceptors (Lipinski definition) is 4. The fraction of sp³-hybridized carbons (Fsp3) is 0.440. The highest BCUT2D eigenvalue weighted by Gasteiger charge is 2.40. The van der Waals surface area contributed by atoms with E-state index in [1.165, 1.54) is 12.1 Å². The standard InChI is InChI=1S/C25H31F2O3PS/c1-16(2)14-29-31(28,30-15-17(3)4)23(13-19-10-11-21(26)22(27)12-19)25-18(5)20-8-6-7-9-24(20)32-25/h6-12,16-17,23H,13-15H2,1-5H3. The summed E-state index contributed by atoms with van der Waals surface area (Å²) in [4.78, 5) is 0.895. The first-order valence-electron chi connectivity index (χ1n) is 10.9. The lowest BCUT2D eigenvalue weighted by Gasteiger charge is -2.28. The molecule has 32 heavy (non-hydrogen) atoms. The van der Waals surface area contributed by atoms with Gasteiger partial charge in [0.25, 0.3) is 0 Å². The number of fused-ring (bicyclic) bond motifs is 1. The average Bonchev–Trinajstić information content (AvgIpc) is 3.08. The molecule has 0 aliphatic rings. The summed E-state index contributed by atoms with van der Waals surface area (Å²) < 4.78 is 54.9. The van der Waals surface area contributed by atoms with E-state index in [1.807, 2.05) is 58.9 Å². The molecule has 0 saturated carbocycles. The van der Waals surface area contributed by atoms with Crippen LogP contribution < -0.4 is 0 Å². The summed E-state index contributed by atoms with van der Waals surface area (Å²) in [7, 11) is -3.64. The zero-order valence-electron chi connectivity index (χ0n) is 19.2. The van der Waals surface area contributed by atoms with Gasteiger partial charge in [-0.05, 0) is 59.9 Å². The minimum absolute atomic E-state index is 0.165. The smallest absolute Gasteiger partial charge is 0.308 e. The molecule has 0 fully saturated rings. The van der Waals surface area contributed by atoms with Crippen molar-refractivity contribution in [2.24, 2.45) is 11.8 Å². The molecule has 174 valence electrons. The molecule has 3 nitrogen and oxygen atoms in total. The van der Waals surface area contributed by atoms with Gasteiger partial charge in [0.2, 0.25) is 0 Å². The number of benzene rings is 2. The van der Waals surface area contributed by atoms with E-state index in [2.05, 4.69) is 0 Å². The lowest BCUT2D eigenvalue weighted by atomic mass is 10.0. The van der Waals surface area contributed by atoms with Crippen molar-refractivity contribution < 1.29 is 22.4 Å². The maximum absolute atomic E-state index is 14.3. The minimum atomic E-state index is -3.64. The van der Waals surface area contributed by atoms with Gasteiger partial charge < -0.3 is 9.05 Å². The molecule has 0 N–H and O–H groups in total. The molecule has 1 atom stereocenters. The third kappa shape index (κ3) is 5.85. The van der Waals surface area contributed by atoms with Gasteiger partial charge in [-0.15, -0.1) is 11.3 Å². The third-order valence-electron chi connectivity index (χ3n) is 5.15. The molecule has 1 aromatic heterocycles. The topological polar surface area (TPSA) is 35.5 Å². The van der Waals surface area contributed by atoms with E-state index < -0.39 is 24.9 Å². The highest BCUT2D eigenvalue weighted by molar-refractivity contribution is 7.54. The number of thiophene rings is 1. The molecule has 0 bridgehead atoms. The minimum Gasteiger partial charge on any atom is -0.308 e. The van der Waals surface area contributed by atoms with Gasteiger partial charge in [-0.1, -0.05) is 52.0 Å². The Labute approximate surface area is 193 Å². The second kappa shape index (κ2) is 10.6. The molecule has 0 aliphatic heterocycles. The van der Waals surface area contributed by atoms with Crippen molar-refractivity contribution in [1.29, 1.82) is 0 Å². The van der Waals surface area contributed by atoms with Crippen LogP contribution in [0.3, 0.4) is 0 Å². The van der Waals surface area contributed by atoms with E-state index in [1.54, 1.807) is 11.3 Å². The number of halogens is 2. The summed E-state index contributed by atoms with van der Waals surface area (Å²) in [5.74, 6) is -1.49. The van der Waals surface area contributed by atoms with Crippen LogP contribution in [0.2, 0.25) is 0 Å². The fourth-order valence-electron chi connectivity index (χ4n) is 3.47. The molecule has 0 spiro atoms. The maximum atomic E-state index is 14.3. The van der Waals surface area contributed by atoms with Crippen LogP contribution in [-0.4, -0.2) is 13.2 Å². The zero-order chi connectivity index (χ0) is 23.5. The molecule has 3 aromatic rings. The Morgan fingerprint density at radius 1 is 0.938 bits per heavy atom. The highest BCUT2D eigenvalue weighted by atomic mass is 32.1. The lowest BCUT2D eigenvalue weighted by Crippen LogP contribution is -2.14. The van der Waals surface area contributed by atoms with E-state index in [0.717, 1.165) is 26.6 Å². The van der Waals surface area contributed by atoms with Gasteiger partial charge in [0.05, 0.1) is 18.9 Å². The van der Waals surface area contributed by atoms with Gasteiger partial charge in [-0.2, -0.15) is 0 Å². The lowest BCUT2D eigenvalue weighted by molar-refractivity contribution is 0.166. The van der Waals surface area contributed by atoms with Gasteiger partial charge >= 0.3 is 7.60 Å². The van der Waals surface area contributed by atoms with Gasteiger partial charge in [-0.3, -0.25) is 4.57 Å². The molecular weight excluding hydrogens is 449 g/mol. The van der Waals surface area contributed by atoms with Crippen molar-refractivity contribution >= 4 is 29.0 Å². The zero-order valence-corrected chi connectivity index (χ0v) is 20.9. The summed E-state index contributed by atoms with van der Waals surface area (Å²) in [6, 6.07) is 11.8. The second-order valence-electron chi connectivity index (χ2n) is 8.97. The molecule has 1 unspecified atom stereocenters. The van der Waals surface area contributed by atoms with E-state index >= 15 is 0 Å². The summed E-state index contributed by atoms with van der Waals surface area (Å²) in [6.45, 7) is 10.5. The average molecular weight is 481 g/mol. The van der Waals surface area contributed by atoms with Crippen LogP contribution in [0.25, 0.3) is 10.1 Å². The SMILES string of the molecule is Cc1c(C(Cc2ccc(F)c(F)c2)P(=O)(OCC(C)C)OCC(C)C)sc2ccccc12. The predicted molar refractivity (Wildman–Crippen MR) is 129 cm³/mol. The van der Waals surface area contributed by atoms with Crippen LogP contribution in [0.4, 0.5) is 8.78 Å². The van der Waals surface area contributed by atoms with Crippen molar-refractivity contribution in [3.63, 3.8) is 0 Å². The first-order chi connectivity index (χ1) is 15.1. The number of aryl methyl sites for hydroxylation is 1. The molecule has 3 rings (SSSR count). The molecular formula is C25H31F2O3PS. The first-order valence-corrected chi connectivity index (χ1v) is 13.3. The van der Waals surface area contributed by atoms with Crippen LogP contribution in [0.15, 0.2) is 42.5 Å². The molecule has 0 radical (unpaired) electrons. The number of hydrogen-bond donors (Lipinski definition) is 0. The van der Waals surface area contributed by atoms with Gasteiger partial charge in [0.1, 0.15) is 0 Å². The van der Waals surface area contributed by atoms with Crippen molar-refractivity contribution in [1.82, 2.24) is 0 Å². The van der Waals surface area contributed by atoms with E-state index in [0.29, 0.717) is 5.56 Å². The summed E-state index contributed by atoms with van der Waals surface area (Å²) in [6.07, 6.45) is 0.221. The van der Waals surface area contributed by atoms with Crippen LogP contribution in [0.5, 0.6) is 0 Å². The Bertz CT molecular complexity index is 1090. The van der Waals surface area contributed by atoms with Crippen molar-refractivity contribution in [2.75, 3.05) is 13.2 Å². The van der Waals surface area contributed by atoms with Gasteiger partial charge in [0, 0.05) is 9.58 Å². The maximum Gasteiger partial charge on any atom is 0.339 e. The Morgan fingerprint density at radius 3 is 2.12 bits per heavy atom. The Balaban J connectivity index is 2.12. The third-order valence-corrected chi connectivity index (χ3v) is 8.94. The Hall–Kier alpha value is -1.59. The molecule has 0 saturated heterocycles.